The van der Waals surface area contributed by atoms with Crippen LogP contribution in [0.5, 0.6) is 11.5 Å². The lowest BCUT2D eigenvalue weighted by atomic mass is 9.84. The highest BCUT2D eigenvalue weighted by Crippen LogP contribution is 2.43. The lowest BCUT2D eigenvalue weighted by Crippen LogP contribution is -2.53. The Morgan fingerprint density at radius 2 is 1.89 bits per heavy atom. The van der Waals surface area contributed by atoms with Crippen LogP contribution in [0.2, 0.25) is 0 Å². The first-order valence-corrected chi connectivity index (χ1v) is 10.3. The molecule has 0 radical (unpaired) electrons. The van der Waals surface area contributed by atoms with Crippen LogP contribution in [0, 0.1) is 0 Å². The predicted molar refractivity (Wildman–Crippen MR) is 105 cm³/mol. The summed E-state index contributed by atoms with van der Waals surface area (Å²) in [5.74, 6) is 1.39. The molecule has 1 saturated carbocycles. The number of nitrogens with zero attached hydrogens (tertiary/aromatic N) is 1. The van der Waals surface area contributed by atoms with Crippen molar-refractivity contribution in [2.75, 3.05) is 20.2 Å². The molecule has 0 spiro atoms. The van der Waals surface area contributed by atoms with Crippen molar-refractivity contribution in [2.24, 2.45) is 0 Å². The van der Waals surface area contributed by atoms with Crippen LogP contribution in [0.4, 0.5) is 4.39 Å². The molecule has 5 nitrogen and oxygen atoms in total. The predicted octanol–water partition coefficient (Wildman–Crippen LogP) is 3.42. The van der Waals surface area contributed by atoms with Gasteiger partial charge in [-0.1, -0.05) is 0 Å². The molecule has 2 aliphatic heterocycles. The van der Waals surface area contributed by atoms with Crippen molar-refractivity contribution >= 4 is 0 Å². The Hall–Kier alpha value is -1.37. The number of alkyl halides is 1. The summed E-state index contributed by atoms with van der Waals surface area (Å²) < 4.78 is 30.8. The quantitative estimate of drug-likeness (QED) is 0.850. The summed E-state index contributed by atoms with van der Waals surface area (Å²) in [6, 6.07) is 4.26. The summed E-state index contributed by atoms with van der Waals surface area (Å²) in [5.41, 5.74) is 2.15. The maximum atomic E-state index is 13.1. The van der Waals surface area contributed by atoms with Gasteiger partial charge >= 0.3 is 0 Å². The monoisotopic (exact) mass is 393 g/mol. The van der Waals surface area contributed by atoms with E-state index in [0.717, 1.165) is 19.5 Å². The molecule has 1 N–H and O–H groups in total. The number of halogens is 1. The number of aliphatic hydroxyl groups is 1. The van der Waals surface area contributed by atoms with Crippen molar-refractivity contribution in [1.82, 2.24) is 4.90 Å². The number of piperidine rings is 1. The van der Waals surface area contributed by atoms with E-state index >= 15 is 0 Å². The third kappa shape index (κ3) is 4.00. The van der Waals surface area contributed by atoms with Crippen molar-refractivity contribution in [3.05, 3.63) is 23.3 Å². The van der Waals surface area contributed by atoms with Crippen molar-refractivity contribution in [1.29, 1.82) is 0 Å². The second kappa shape index (κ2) is 7.47. The third-order valence-corrected chi connectivity index (χ3v) is 6.04. The lowest BCUT2D eigenvalue weighted by molar-refractivity contribution is -0.149. The third-order valence-electron chi connectivity index (χ3n) is 6.04. The molecular weight excluding hydrogens is 361 g/mol. The first-order valence-electron chi connectivity index (χ1n) is 10.3. The molecule has 156 valence electrons. The molecule has 0 bridgehead atoms. The van der Waals surface area contributed by atoms with Gasteiger partial charge < -0.3 is 19.3 Å². The fourth-order valence-electron chi connectivity index (χ4n) is 4.59. The SMILES string of the molecule is COc1cc2c(cc1OC1CC(F)C1)CCN1C[C@@H](OC(C)(C)C)[C@H](O)C[C@H]21. The number of ether oxygens (including phenoxy) is 3. The summed E-state index contributed by atoms with van der Waals surface area (Å²) in [4.78, 5) is 2.41. The van der Waals surface area contributed by atoms with Crippen molar-refractivity contribution in [3.8, 4) is 11.5 Å². The van der Waals surface area contributed by atoms with Gasteiger partial charge in [0.05, 0.1) is 24.9 Å². The highest BCUT2D eigenvalue weighted by Gasteiger charge is 2.41. The maximum absolute atomic E-state index is 13.1. The van der Waals surface area contributed by atoms with Crippen molar-refractivity contribution in [2.45, 2.75) is 82.6 Å². The van der Waals surface area contributed by atoms with Crippen LogP contribution in [0.1, 0.15) is 57.2 Å². The summed E-state index contributed by atoms with van der Waals surface area (Å²) in [5, 5.41) is 10.7. The number of fused-ring (bicyclic) bond motifs is 3. The average molecular weight is 393 g/mol. The molecule has 6 heteroatoms. The van der Waals surface area contributed by atoms with E-state index in [1.807, 2.05) is 26.8 Å². The second-order valence-corrected chi connectivity index (χ2v) is 9.34. The largest absolute Gasteiger partial charge is 0.493 e. The molecule has 0 unspecified atom stereocenters. The Morgan fingerprint density at radius 1 is 1.14 bits per heavy atom. The highest BCUT2D eigenvalue weighted by molar-refractivity contribution is 5.50. The minimum atomic E-state index is -0.742. The Labute approximate surface area is 166 Å². The van der Waals surface area contributed by atoms with Crippen LogP contribution in [0.25, 0.3) is 0 Å². The first kappa shape index (κ1) is 19.9. The number of hydrogen-bond acceptors (Lipinski definition) is 5. The molecule has 28 heavy (non-hydrogen) atoms. The maximum Gasteiger partial charge on any atom is 0.161 e. The molecule has 0 amide bonds. The normalized spacial score (nSPS) is 32.9. The number of benzene rings is 1. The molecule has 1 aromatic rings. The van der Waals surface area contributed by atoms with Crippen molar-refractivity contribution in [3.63, 3.8) is 0 Å². The van der Waals surface area contributed by atoms with Gasteiger partial charge in [-0.3, -0.25) is 4.90 Å². The fourth-order valence-corrected chi connectivity index (χ4v) is 4.59. The van der Waals surface area contributed by atoms with Crippen LogP contribution < -0.4 is 9.47 Å². The van der Waals surface area contributed by atoms with Gasteiger partial charge in [0.15, 0.2) is 11.5 Å². The van der Waals surface area contributed by atoms with Gasteiger partial charge in [-0.2, -0.15) is 0 Å². The number of rotatable bonds is 4. The van der Waals surface area contributed by atoms with Crippen LogP contribution in [-0.2, 0) is 11.2 Å². The van der Waals surface area contributed by atoms with Gasteiger partial charge in [0.2, 0.25) is 0 Å². The summed E-state index contributed by atoms with van der Waals surface area (Å²) >= 11 is 0. The molecule has 2 heterocycles. The molecule has 0 aromatic heterocycles. The highest BCUT2D eigenvalue weighted by atomic mass is 19.1. The number of hydrogen-bond donors (Lipinski definition) is 1. The standard InChI is InChI=1S/C22H32FNO4/c1-22(2,3)28-21-12-24-6-5-13-7-20(27-15-8-14(23)9-15)19(26-4)10-16(13)17(24)11-18(21)25/h7,10,14-15,17-18,21,25H,5-6,8-9,11-12H2,1-4H3/t14?,15?,17-,18-,21-/m1/s1. The number of aliphatic hydroxyl groups excluding tert-OH is 1. The van der Waals surface area contributed by atoms with Crippen LogP contribution in [0.15, 0.2) is 12.1 Å². The minimum Gasteiger partial charge on any atom is -0.493 e. The molecule has 1 saturated heterocycles. The fraction of sp³-hybridized carbons (Fsp3) is 0.727. The average Bonchev–Trinajstić information content (AvgIpc) is 2.59. The first-order chi connectivity index (χ1) is 13.2. The van der Waals surface area contributed by atoms with E-state index < -0.39 is 12.3 Å². The zero-order valence-electron chi connectivity index (χ0n) is 17.3. The summed E-state index contributed by atoms with van der Waals surface area (Å²) in [7, 11) is 1.64. The van der Waals surface area contributed by atoms with Crippen LogP contribution in [-0.4, -0.2) is 60.3 Å². The van der Waals surface area contributed by atoms with Gasteiger partial charge in [0, 0.05) is 32.0 Å². The van der Waals surface area contributed by atoms with Crippen LogP contribution in [0.3, 0.4) is 0 Å². The Bertz CT molecular complexity index is 713. The summed E-state index contributed by atoms with van der Waals surface area (Å²) in [6.07, 6.45) is 1.00. The molecule has 1 aromatic carbocycles. The van der Waals surface area contributed by atoms with Gasteiger partial charge in [0.1, 0.15) is 12.3 Å². The van der Waals surface area contributed by atoms with Gasteiger partial charge in [-0.05, 0) is 56.9 Å². The zero-order chi connectivity index (χ0) is 20.1. The molecular formula is C22H32FNO4. The van der Waals surface area contributed by atoms with Crippen molar-refractivity contribution < 1.29 is 23.7 Å². The number of methoxy groups -OCH3 is 1. The summed E-state index contributed by atoms with van der Waals surface area (Å²) in [6.45, 7) is 7.73. The Morgan fingerprint density at radius 3 is 2.54 bits per heavy atom. The smallest absolute Gasteiger partial charge is 0.161 e. The Balaban J connectivity index is 1.54. The van der Waals surface area contributed by atoms with Gasteiger partial charge in [0.25, 0.3) is 0 Å². The Kier molecular flexibility index (Phi) is 5.31. The van der Waals surface area contributed by atoms with E-state index in [2.05, 4.69) is 11.0 Å². The van der Waals surface area contributed by atoms with Gasteiger partial charge in [-0.25, -0.2) is 4.39 Å². The van der Waals surface area contributed by atoms with E-state index in [-0.39, 0.29) is 23.9 Å². The van der Waals surface area contributed by atoms with E-state index in [4.69, 9.17) is 14.2 Å². The van der Waals surface area contributed by atoms with E-state index in [9.17, 15) is 9.50 Å². The molecule has 3 aliphatic rings. The van der Waals surface area contributed by atoms with Gasteiger partial charge in [-0.15, -0.1) is 0 Å². The minimum absolute atomic E-state index is 0.0613. The van der Waals surface area contributed by atoms with Crippen LogP contribution >= 0.6 is 0 Å². The van der Waals surface area contributed by atoms with E-state index in [1.54, 1.807) is 7.11 Å². The lowest BCUT2D eigenvalue weighted by Gasteiger charge is -2.47. The molecule has 3 atom stereocenters. The molecule has 4 rings (SSSR count). The van der Waals surface area contributed by atoms with E-state index in [1.165, 1.54) is 11.1 Å². The molecule has 1 aliphatic carbocycles. The van der Waals surface area contributed by atoms with E-state index in [0.29, 0.717) is 30.8 Å². The topological polar surface area (TPSA) is 51.2 Å². The second-order valence-electron chi connectivity index (χ2n) is 9.34. The zero-order valence-corrected chi connectivity index (χ0v) is 17.3. The molecule has 2 fully saturated rings.